The second-order valence-electron chi connectivity index (χ2n) is 7.93. The molecular weight excluding hydrogens is 452 g/mol. The normalized spacial score (nSPS) is 14.4. The molecule has 3 aromatic carbocycles. The fraction of sp³-hybridized carbons (Fsp3) is 0.0833. The molecular formula is C24H17ClN8O. The van der Waals surface area contributed by atoms with Crippen LogP contribution in [-0.4, -0.2) is 36.2 Å². The molecule has 34 heavy (non-hydrogen) atoms. The summed E-state index contributed by atoms with van der Waals surface area (Å²) in [4.78, 5) is 0. The topological polar surface area (TPSA) is 117 Å². The molecule has 1 atom stereocenters. The number of benzene rings is 3. The molecule has 1 aliphatic heterocycles. The van der Waals surface area contributed by atoms with Gasteiger partial charge in [-0.05, 0) is 54.1 Å². The maximum Gasteiger partial charge on any atom is 0.202 e. The fourth-order valence-corrected chi connectivity index (χ4v) is 4.37. The lowest BCUT2D eigenvalue weighted by atomic mass is 10.1. The third kappa shape index (κ3) is 3.42. The van der Waals surface area contributed by atoms with Crippen LogP contribution in [0.5, 0.6) is 0 Å². The minimum Gasteiger partial charge on any atom is -0.357 e. The zero-order valence-corrected chi connectivity index (χ0v) is 18.4. The van der Waals surface area contributed by atoms with E-state index in [0.717, 1.165) is 39.4 Å². The highest BCUT2D eigenvalue weighted by molar-refractivity contribution is 6.35. The van der Waals surface area contributed by atoms with Crippen molar-refractivity contribution in [1.29, 1.82) is 5.26 Å². The van der Waals surface area contributed by atoms with Crippen molar-refractivity contribution in [1.82, 2.24) is 24.8 Å². The number of hydrogen-bond acceptors (Lipinski definition) is 7. The van der Waals surface area contributed by atoms with Crippen LogP contribution >= 0.6 is 11.6 Å². The molecule has 2 aromatic heterocycles. The molecule has 0 aliphatic carbocycles. The Morgan fingerprint density at radius 1 is 1.03 bits per heavy atom. The Labute approximate surface area is 198 Å². The van der Waals surface area contributed by atoms with E-state index >= 15 is 0 Å². The molecule has 0 amide bonds. The minimum atomic E-state index is -0.824. The van der Waals surface area contributed by atoms with E-state index in [1.54, 1.807) is 23.0 Å². The maximum absolute atomic E-state index is 9.78. The number of aliphatic hydroxyl groups is 1. The zero-order chi connectivity index (χ0) is 23.2. The van der Waals surface area contributed by atoms with Crippen molar-refractivity contribution in [2.24, 2.45) is 0 Å². The van der Waals surface area contributed by atoms with Gasteiger partial charge in [0, 0.05) is 11.8 Å². The van der Waals surface area contributed by atoms with Gasteiger partial charge in [-0.2, -0.15) is 10.4 Å². The molecule has 0 saturated carbocycles. The van der Waals surface area contributed by atoms with Crippen LogP contribution in [0, 0.1) is 11.3 Å². The number of aromatic nitrogens is 5. The predicted molar refractivity (Wildman–Crippen MR) is 129 cm³/mol. The van der Waals surface area contributed by atoms with E-state index in [-0.39, 0.29) is 0 Å². The highest BCUT2D eigenvalue weighted by Crippen LogP contribution is 2.34. The number of hydrogen-bond donors (Lipinski definition) is 3. The Balaban J connectivity index is 1.40. The molecule has 5 aromatic rings. The molecule has 166 valence electrons. The number of fused-ring (bicyclic) bond motifs is 2. The van der Waals surface area contributed by atoms with E-state index in [9.17, 15) is 5.11 Å². The number of nitrogens with zero attached hydrogens (tertiary/aromatic N) is 6. The number of aliphatic hydroxyl groups excluding tert-OH is 1. The van der Waals surface area contributed by atoms with Crippen molar-refractivity contribution in [2.45, 2.75) is 12.9 Å². The quantitative estimate of drug-likeness (QED) is 0.365. The molecule has 0 radical (unpaired) electrons. The van der Waals surface area contributed by atoms with E-state index < -0.39 is 6.35 Å². The zero-order valence-electron chi connectivity index (χ0n) is 17.6. The van der Waals surface area contributed by atoms with Gasteiger partial charge in [-0.3, -0.25) is 4.68 Å². The third-order valence-corrected chi connectivity index (χ3v) is 6.05. The van der Waals surface area contributed by atoms with Crippen LogP contribution in [-0.2, 0) is 6.54 Å². The van der Waals surface area contributed by atoms with Crippen LogP contribution < -0.4 is 10.6 Å². The molecule has 0 spiro atoms. The molecule has 3 N–H and O–H groups in total. The highest BCUT2D eigenvalue weighted by atomic mass is 35.5. The number of anilines is 2. The molecule has 9 nitrogen and oxygen atoms in total. The highest BCUT2D eigenvalue weighted by Gasteiger charge is 2.19. The summed E-state index contributed by atoms with van der Waals surface area (Å²) in [5.41, 5.74) is 7.13. The molecule has 3 heterocycles. The van der Waals surface area contributed by atoms with Gasteiger partial charge in [0.25, 0.3) is 0 Å². The van der Waals surface area contributed by atoms with Gasteiger partial charge in [0.1, 0.15) is 5.52 Å². The number of halogens is 1. The lowest BCUT2D eigenvalue weighted by Crippen LogP contribution is -2.20. The molecule has 1 unspecified atom stereocenters. The summed E-state index contributed by atoms with van der Waals surface area (Å²) in [6, 6.07) is 21.0. The van der Waals surface area contributed by atoms with Crippen LogP contribution in [0.25, 0.3) is 28.0 Å². The van der Waals surface area contributed by atoms with Crippen LogP contribution in [0.3, 0.4) is 0 Å². The van der Waals surface area contributed by atoms with Gasteiger partial charge in [-0.25, -0.2) is 4.68 Å². The van der Waals surface area contributed by atoms with E-state index in [1.165, 1.54) is 0 Å². The minimum absolute atomic E-state index is 0.487. The number of rotatable bonds is 4. The summed E-state index contributed by atoms with van der Waals surface area (Å²) in [6.07, 6.45) is 0.923. The number of nitrogens with one attached hydrogen (secondary N) is 2. The summed E-state index contributed by atoms with van der Waals surface area (Å²) < 4.78 is 3.61. The summed E-state index contributed by atoms with van der Waals surface area (Å²) in [7, 11) is 0. The van der Waals surface area contributed by atoms with Crippen LogP contribution in [0.15, 0.2) is 66.9 Å². The Morgan fingerprint density at radius 2 is 1.85 bits per heavy atom. The fourth-order valence-electron chi connectivity index (χ4n) is 4.12. The summed E-state index contributed by atoms with van der Waals surface area (Å²) >= 11 is 6.61. The Hall–Kier alpha value is -4.39. The SMILES string of the molecule is N#Cc1ccc(Cn2nccc2-c2cc(Cl)c3nnn(-c4ccc5c(c4)NC(O)N5)c3c2)cc1. The Kier molecular flexibility index (Phi) is 4.69. The Bertz CT molecular complexity index is 1580. The van der Waals surface area contributed by atoms with Gasteiger partial charge < -0.3 is 15.7 Å². The first-order valence-electron chi connectivity index (χ1n) is 10.5. The first-order chi connectivity index (χ1) is 16.6. The average Bonchev–Trinajstić information content (AvgIpc) is 3.56. The Morgan fingerprint density at radius 3 is 2.68 bits per heavy atom. The van der Waals surface area contributed by atoms with Gasteiger partial charge in [-0.1, -0.05) is 28.9 Å². The molecule has 6 rings (SSSR count). The second-order valence-corrected chi connectivity index (χ2v) is 8.34. The van der Waals surface area contributed by atoms with E-state index in [1.807, 2.05) is 53.2 Å². The largest absolute Gasteiger partial charge is 0.357 e. The van der Waals surface area contributed by atoms with Gasteiger partial charge in [0.15, 0.2) is 0 Å². The molecule has 0 fully saturated rings. The summed E-state index contributed by atoms with van der Waals surface area (Å²) in [5.74, 6) is 0. The standard InChI is InChI=1S/C24H17ClN8O/c25-18-9-16(21-7-8-27-32(21)13-15-3-1-14(12-26)2-4-15)10-22-23(18)30-31-33(22)17-5-6-19-20(11-17)29-24(34)28-19/h1-11,24,28-29,34H,13H2. The van der Waals surface area contributed by atoms with Gasteiger partial charge >= 0.3 is 0 Å². The van der Waals surface area contributed by atoms with E-state index in [4.69, 9.17) is 16.9 Å². The van der Waals surface area contributed by atoms with Crippen molar-refractivity contribution in [3.63, 3.8) is 0 Å². The van der Waals surface area contributed by atoms with Gasteiger partial charge in [0.05, 0.1) is 51.5 Å². The van der Waals surface area contributed by atoms with E-state index in [2.05, 4.69) is 32.1 Å². The smallest absolute Gasteiger partial charge is 0.202 e. The van der Waals surface area contributed by atoms with Crippen molar-refractivity contribution in [3.05, 3.63) is 83.0 Å². The van der Waals surface area contributed by atoms with Crippen molar-refractivity contribution < 1.29 is 5.11 Å². The van der Waals surface area contributed by atoms with Crippen molar-refractivity contribution in [2.75, 3.05) is 10.6 Å². The van der Waals surface area contributed by atoms with Gasteiger partial charge in [0.2, 0.25) is 6.35 Å². The molecule has 0 saturated heterocycles. The number of nitriles is 1. The van der Waals surface area contributed by atoms with Crippen LogP contribution in [0.4, 0.5) is 11.4 Å². The summed E-state index contributed by atoms with van der Waals surface area (Å²) in [5, 5.41) is 38.3. The van der Waals surface area contributed by atoms with Crippen LogP contribution in [0.1, 0.15) is 11.1 Å². The van der Waals surface area contributed by atoms with Gasteiger partial charge in [-0.15, -0.1) is 5.10 Å². The van der Waals surface area contributed by atoms with Crippen molar-refractivity contribution >= 4 is 34.0 Å². The summed E-state index contributed by atoms with van der Waals surface area (Å²) in [6.45, 7) is 0.549. The van der Waals surface area contributed by atoms with Crippen LogP contribution in [0.2, 0.25) is 5.02 Å². The van der Waals surface area contributed by atoms with E-state index in [0.29, 0.717) is 22.6 Å². The third-order valence-electron chi connectivity index (χ3n) is 5.77. The first-order valence-corrected chi connectivity index (χ1v) is 10.9. The molecule has 10 heteroatoms. The average molecular weight is 469 g/mol. The first kappa shape index (κ1) is 20.2. The lowest BCUT2D eigenvalue weighted by Gasteiger charge is -2.10. The van der Waals surface area contributed by atoms with Crippen molar-refractivity contribution in [3.8, 4) is 23.0 Å². The lowest BCUT2D eigenvalue weighted by molar-refractivity contribution is 0.238. The molecule has 1 aliphatic rings. The maximum atomic E-state index is 9.78. The predicted octanol–water partition coefficient (Wildman–Crippen LogP) is 3.97. The second kappa shape index (κ2) is 7.88. The monoisotopic (exact) mass is 468 g/mol. The molecule has 0 bridgehead atoms.